The molecule has 1 amide bonds. The van der Waals surface area contributed by atoms with Crippen molar-refractivity contribution in [2.24, 2.45) is 11.5 Å². The van der Waals surface area contributed by atoms with Crippen molar-refractivity contribution < 1.29 is 4.79 Å². The molecule has 0 aliphatic carbocycles. The molecule has 0 rings (SSSR count). The number of nitrogens with one attached hydrogen (secondary N) is 1. The normalized spacial score (nSPS) is 15.9. The zero-order chi connectivity index (χ0) is 8.85. The first-order valence-corrected chi connectivity index (χ1v) is 3.80. The van der Waals surface area contributed by atoms with E-state index in [2.05, 4.69) is 5.32 Å². The first-order valence-electron chi connectivity index (χ1n) is 3.80. The van der Waals surface area contributed by atoms with Gasteiger partial charge in [0.2, 0.25) is 5.91 Å². The molecule has 0 aromatic heterocycles. The smallest absolute Gasteiger partial charge is 0.218 e. The average Bonchev–Trinajstić information content (AvgIpc) is 1.85. The molecular formula is C7H17N3O. The van der Waals surface area contributed by atoms with Crippen molar-refractivity contribution >= 4 is 5.91 Å². The van der Waals surface area contributed by atoms with Crippen molar-refractivity contribution in [1.82, 2.24) is 5.32 Å². The minimum Gasteiger partial charge on any atom is -0.370 e. The Bertz CT molecular complexity index is 127. The van der Waals surface area contributed by atoms with Crippen molar-refractivity contribution in [3.05, 3.63) is 0 Å². The van der Waals surface area contributed by atoms with E-state index in [0.29, 0.717) is 13.0 Å². The molecular weight excluding hydrogens is 142 g/mol. The molecule has 0 saturated heterocycles. The van der Waals surface area contributed by atoms with Gasteiger partial charge >= 0.3 is 0 Å². The predicted octanol–water partition coefficient (Wildman–Crippen LogP) is -0.813. The lowest BCUT2D eigenvalue weighted by atomic mass is 10.2. The van der Waals surface area contributed by atoms with Gasteiger partial charge < -0.3 is 16.8 Å². The van der Waals surface area contributed by atoms with E-state index in [4.69, 9.17) is 11.5 Å². The molecule has 2 unspecified atom stereocenters. The number of hydrogen-bond acceptors (Lipinski definition) is 3. The quantitative estimate of drug-likeness (QED) is 0.490. The van der Waals surface area contributed by atoms with Crippen molar-refractivity contribution in [3.8, 4) is 0 Å². The van der Waals surface area contributed by atoms with Crippen LogP contribution in [0, 0.1) is 0 Å². The van der Waals surface area contributed by atoms with Crippen molar-refractivity contribution in [3.63, 3.8) is 0 Å². The number of carbonyl (C=O) groups excluding carboxylic acids is 1. The molecule has 0 saturated carbocycles. The van der Waals surface area contributed by atoms with Crippen LogP contribution in [0.25, 0.3) is 0 Å². The summed E-state index contributed by atoms with van der Waals surface area (Å²) in [5, 5.41) is 3.14. The molecule has 0 bridgehead atoms. The van der Waals surface area contributed by atoms with E-state index in [1.165, 1.54) is 0 Å². The highest BCUT2D eigenvalue weighted by Crippen LogP contribution is 1.90. The molecule has 2 atom stereocenters. The van der Waals surface area contributed by atoms with Gasteiger partial charge in [-0.15, -0.1) is 0 Å². The van der Waals surface area contributed by atoms with Crippen molar-refractivity contribution in [2.75, 3.05) is 6.54 Å². The monoisotopic (exact) mass is 159 g/mol. The third kappa shape index (κ3) is 5.82. The molecule has 0 aromatic rings. The fraction of sp³-hybridized carbons (Fsp3) is 0.857. The van der Waals surface area contributed by atoms with Gasteiger partial charge in [-0.25, -0.2) is 0 Å². The molecule has 4 heteroatoms. The van der Waals surface area contributed by atoms with Crippen LogP contribution in [0.5, 0.6) is 0 Å². The zero-order valence-corrected chi connectivity index (χ0v) is 7.13. The fourth-order valence-electron chi connectivity index (χ4n) is 0.914. The van der Waals surface area contributed by atoms with Crippen LogP contribution < -0.4 is 16.8 Å². The topological polar surface area (TPSA) is 81.1 Å². The third-order valence-corrected chi connectivity index (χ3v) is 1.43. The summed E-state index contributed by atoms with van der Waals surface area (Å²) in [6.07, 6.45) is 0.365. The van der Waals surface area contributed by atoms with Crippen LogP contribution in [0.3, 0.4) is 0 Å². The van der Waals surface area contributed by atoms with Gasteiger partial charge in [0.1, 0.15) is 0 Å². The predicted molar refractivity (Wildman–Crippen MR) is 44.9 cm³/mol. The maximum absolute atomic E-state index is 10.4. The Hall–Kier alpha value is -0.610. The molecule has 0 radical (unpaired) electrons. The number of rotatable bonds is 5. The third-order valence-electron chi connectivity index (χ3n) is 1.43. The Labute approximate surface area is 67.3 Å². The van der Waals surface area contributed by atoms with E-state index in [0.717, 1.165) is 0 Å². The number of carbonyl (C=O) groups is 1. The summed E-state index contributed by atoms with van der Waals surface area (Å²) >= 11 is 0. The summed E-state index contributed by atoms with van der Waals surface area (Å²) in [7, 11) is 0. The van der Waals surface area contributed by atoms with E-state index in [-0.39, 0.29) is 18.0 Å². The molecule has 66 valence electrons. The Morgan fingerprint density at radius 2 is 2.00 bits per heavy atom. The fourth-order valence-corrected chi connectivity index (χ4v) is 0.914. The zero-order valence-electron chi connectivity index (χ0n) is 7.13. The van der Waals surface area contributed by atoms with Crippen molar-refractivity contribution in [1.29, 1.82) is 0 Å². The largest absolute Gasteiger partial charge is 0.370 e. The maximum atomic E-state index is 10.4. The van der Waals surface area contributed by atoms with Gasteiger partial charge in [0.15, 0.2) is 0 Å². The van der Waals surface area contributed by atoms with E-state index < -0.39 is 0 Å². The Kier molecular flexibility index (Phi) is 4.81. The Morgan fingerprint density at radius 1 is 1.45 bits per heavy atom. The lowest BCUT2D eigenvalue weighted by molar-refractivity contribution is -0.118. The van der Waals surface area contributed by atoms with Gasteiger partial charge in [0, 0.05) is 25.0 Å². The number of amides is 1. The van der Waals surface area contributed by atoms with Crippen LogP contribution in [0.2, 0.25) is 0 Å². The number of primary amides is 1. The van der Waals surface area contributed by atoms with Crippen LogP contribution in [-0.2, 0) is 4.79 Å². The maximum Gasteiger partial charge on any atom is 0.218 e. The van der Waals surface area contributed by atoms with E-state index >= 15 is 0 Å². The summed E-state index contributed by atoms with van der Waals surface area (Å²) in [6, 6.07) is 0.357. The molecule has 0 aromatic carbocycles. The van der Waals surface area contributed by atoms with Crippen LogP contribution in [0.4, 0.5) is 0 Å². The highest BCUT2D eigenvalue weighted by molar-refractivity contribution is 5.74. The summed E-state index contributed by atoms with van der Waals surface area (Å²) in [4.78, 5) is 10.4. The average molecular weight is 159 g/mol. The van der Waals surface area contributed by atoms with Gasteiger partial charge in [0.25, 0.3) is 0 Å². The SMILES string of the molecule is CC(CN)NC(C)CC(N)=O. The highest BCUT2D eigenvalue weighted by Gasteiger charge is 2.07. The van der Waals surface area contributed by atoms with E-state index in [1.807, 2.05) is 13.8 Å². The molecule has 0 aliphatic rings. The molecule has 0 aliphatic heterocycles. The lowest BCUT2D eigenvalue weighted by Gasteiger charge is -2.16. The molecule has 4 nitrogen and oxygen atoms in total. The number of nitrogens with two attached hydrogens (primary N) is 2. The van der Waals surface area contributed by atoms with Gasteiger partial charge in [-0.3, -0.25) is 4.79 Å². The Balaban J connectivity index is 3.51. The van der Waals surface area contributed by atoms with Crippen molar-refractivity contribution in [2.45, 2.75) is 32.4 Å². The minimum atomic E-state index is -0.283. The summed E-state index contributed by atoms with van der Waals surface area (Å²) < 4.78 is 0. The summed E-state index contributed by atoms with van der Waals surface area (Å²) in [6.45, 7) is 4.46. The van der Waals surface area contributed by atoms with Crippen LogP contribution >= 0.6 is 0 Å². The lowest BCUT2D eigenvalue weighted by Crippen LogP contribution is -2.41. The van der Waals surface area contributed by atoms with Gasteiger partial charge in [-0.1, -0.05) is 0 Å². The molecule has 0 heterocycles. The second kappa shape index (κ2) is 5.09. The van der Waals surface area contributed by atoms with Gasteiger partial charge in [-0.05, 0) is 13.8 Å². The van der Waals surface area contributed by atoms with Crippen LogP contribution in [0.1, 0.15) is 20.3 Å². The van der Waals surface area contributed by atoms with Gasteiger partial charge in [0.05, 0.1) is 0 Å². The standard InChI is InChI=1S/C7H17N3O/c1-5(3-7(9)11)10-6(2)4-8/h5-6,10H,3-4,8H2,1-2H3,(H2,9,11). The number of hydrogen-bond donors (Lipinski definition) is 3. The van der Waals surface area contributed by atoms with Gasteiger partial charge in [-0.2, -0.15) is 0 Å². The molecule has 5 N–H and O–H groups in total. The summed E-state index contributed by atoms with van der Waals surface area (Å²) in [5.74, 6) is -0.283. The van der Waals surface area contributed by atoms with Crippen LogP contribution in [0.15, 0.2) is 0 Å². The molecule has 11 heavy (non-hydrogen) atoms. The highest BCUT2D eigenvalue weighted by atomic mass is 16.1. The van der Waals surface area contributed by atoms with Crippen LogP contribution in [-0.4, -0.2) is 24.5 Å². The first-order chi connectivity index (χ1) is 5.06. The summed E-state index contributed by atoms with van der Waals surface area (Å²) in [5.41, 5.74) is 10.4. The first kappa shape index (κ1) is 10.4. The minimum absolute atomic E-state index is 0.117. The molecule has 0 fully saturated rings. The Morgan fingerprint density at radius 3 is 2.36 bits per heavy atom. The second-order valence-electron chi connectivity index (χ2n) is 2.87. The second-order valence-corrected chi connectivity index (χ2v) is 2.87. The molecule has 0 spiro atoms. The van der Waals surface area contributed by atoms with E-state index in [1.54, 1.807) is 0 Å². The van der Waals surface area contributed by atoms with E-state index in [9.17, 15) is 4.79 Å².